The van der Waals surface area contributed by atoms with Crippen LogP contribution in [0.3, 0.4) is 0 Å². The van der Waals surface area contributed by atoms with Crippen LogP contribution in [0.15, 0.2) is 24.3 Å². The molecule has 0 saturated carbocycles. The molecule has 7 nitrogen and oxygen atoms in total. The Balaban J connectivity index is 2.32. The summed E-state index contributed by atoms with van der Waals surface area (Å²) in [6.07, 6.45) is 2.60. The van der Waals surface area contributed by atoms with E-state index in [1.165, 1.54) is 0 Å². The van der Waals surface area contributed by atoms with Gasteiger partial charge in [0.1, 0.15) is 12.4 Å². The Kier molecular flexibility index (Phi) is 7.13. The molecule has 0 aliphatic heterocycles. The molecule has 0 aliphatic rings. The highest BCUT2D eigenvalue weighted by Crippen LogP contribution is 2.16. The van der Waals surface area contributed by atoms with Crippen LogP contribution in [-0.4, -0.2) is 39.8 Å². The van der Waals surface area contributed by atoms with Crippen molar-refractivity contribution in [3.05, 3.63) is 24.3 Å². The van der Waals surface area contributed by atoms with E-state index in [9.17, 15) is 13.2 Å². The van der Waals surface area contributed by atoms with E-state index in [0.29, 0.717) is 31.0 Å². The fourth-order valence-corrected chi connectivity index (χ4v) is 2.31. The molecule has 4 N–H and O–H groups in total. The predicted octanol–water partition coefficient (Wildman–Crippen LogP) is 0.681. The number of carbonyl (C=O) groups is 1. The third-order valence-corrected chi connectivity index (χ3v) is 3.37. The molecule has 124 valence electrons. The molecule has 1 aromatic carbocycles. The number of benzene rings is 1. The van der Waals surface area contributed by atoms with Crippen molar-refractivity contribution >= 4 is 21.6 Å². The Labute approximate surface area is 131 Å². The zero-order chi connectivity index (χ0) is 16.6. The van der Waals surface area contributed by atoms with E-state index in [4.69, 9.17) is 10.5 Å². The van der Waals surface area contributed by atoms with Crippen molar-refractivity contribution in [3.63, 3.8) is 0 Å². The number of ether oxygens (including phenoxy) is 1. The second-order valence-corrected chi connectivity index (χ2v) is 6.68. The first-order chi connectivity index (χ1) is 10.3. The fraction of sp³-hybridized carbons (Fsp3) is 0.500. The predicted molar refractivity (Wildman–Crippen MR) is 86.3 cm³/mol. The Hall–Kier alpha value is -1.80. The Morgan fingerprint density at radius 2 is 1.95 bits per heavy atom. The highest BCUT2D eigenvalue weighted by molar-refractivity contribution is 7.92. The molecule has 0 aromatic heterocycles. The third kappa shape index (κ3) is 7.28. The normalized spacial score (nSPS) is 12.5. The minimum Gasteiger partial charge on any atom is -0.492 e. The van der Waals surface area contributed by atoms with Crippen LogP contribution in [0.4, 0.5) is 5.69 Å². The average molecular weight is 329 g/mol. The van der Waals surface area contributed by atoms with Gasteiger partial charge in [-0.3, -0.25) is 9.52 Å². The number of rotatable bonds is 9. The summed E-state index contributed by atoms with van der Waals surface area (Å²) in [7, 11) is -3.28. The van der Waals surface area contributed by atoms with Gasteiger partial charge < -0.3 is 15.8 Å². The van der Waals surface area contributed by atoms with Gasteiger partial charge in [0.2, 0.25) is 15.9 Å². The highest BCUT2D eigenvalue weighted by atomic mass is 32.2. The van der Waals surface area contributed by atoms with Crippen LogP contribution in [0.1, 0.15) is 19.8 Å². The van der Waals surface area contributed by atoms with Crippen LogP contribution in [0.25, 0.3) is 0 Å². The van der Waals surface area contributed by atoms with E-state index in [0.717, 1.165) is 12.7 Å². The molecule has 0 spiro atoms. The highest BCUT2D eigenvalue weighted by Gasteiger charge is 2.10. The van der Waals surface area contributed by atoms with E-state index in [1.54, 1.807) is 24.3 Å². The van der Waals surface area contributed by atoms with Gasteiger partial charge in [-0.25, -0.2) is 8.42 Å². The lowest BCUT2D eigenvalue weighted by Gasteiger charge is -2.12. The molecule has 1 rings (SSSR count). The molecule has 1 unspecified atom stereocenters. The second-order valence-electron chi connectivity index (χ2n) is 4.93. The van der Waals surface area contributed by atoms with Crippen LogP contribution in [0.5, 0.6) is 5.75 Å². The number of nitrogens with two attached hydrogens (primary N) is 1. The first-order valence-corrected chi connectivity index (χ1v) is 8.95. The van der Waals surface area contributed by atoms with Gasteiger partial charge in [0.05, 0.1) is 18.8 Å². The third-order valence-electron chi connectivity index (χ3n) is 2.76. The van der Waals surface area contributed by atoms with Gasteiger partial charge in [-0.2, -0.15) is 0 Å². The zero-order valence-electron chi connectivity index (χ0n) is 12.8. The van der Waals surface area contributed by atoms with Crippen molar-refractivity contribution < 1.29 is 17.9 Å². The van der Waals surface area contributed by atoms with E-state index < -0.39 is 16.1 Å². The standard InChI is InChI=1S/C14H23N3O4S/c1-3-4-13(15)14(18)16-9-10-21-12-7-5-11(6-8-12)17-22(2,19)20/h5-8,13,17H,3-4,9-10,15H2,1-2H3,(H,16,18). The van der Waals surface area contributed by atoms with Crippen LogP contribution >= 0.6 is 0 Å². The summed E-state index contributed by atoms with van der Waals surface area (Å²) in [6.45, 7) is 2.64. The van der Waals surface area contributed by atoms with Gasteiger partial charge in [0.15, 0.2) is 0 Å². The lowest BCUT2D eigenvalue weighted by molar-refractivity contribution is -0.122. The largest absolute Gasteiger partial charge is 0.492 e. The monoisotopic (exact) mass is 329 g/mol. The molecule has 22 heavy (non-hydrogen) atoms. The van der Waals surface area contributed by atoms with Crippen molar-refractivity contribution in [1.29, 1.82) is 0 Å². The molecule has 1 atom stereocenters. The van der Waals surface area contributed by atoms with Crippen molar-refractivity contribution in [2.24, 2.45) is 5.73 Å². The fourth-order valence-electron chi connectivity index (χ4n) is 1.75. The maximum atomic E-state index is 11.6. The number of sulfonamides is 1. The molecule has 0 fully saturated rings. The summed E-state index contributed by atoms with van der Waals surface area (Å²) in [4.78, 5) is 11.6. The van der Waals surface area contributed by atoms with Gasteiger partial charge in [0, 0.05) is 5.69 Å². The van der Waals surface area contributed by atoms with Gasteiger partial charge in [-0.1, -0.05) is 13.3 Å². The minimum absolute atomic E-state index is 0.182. The molecular weight excluding hydrogens is 306 g/mol. The van der Waals surface area contributed by atoms with Gasteiger partial charge in [-0.05, 0) is 30.7 Å². The summed E-state index contributed by atoms with van der Waals surface area (Å²) in [5, 5.41) is 2.70. The van der Waals surface area contributed by atoms with E-state index in [-0.39, 0.29) is 5.91 Å². The topological polar surface area (TPSA) is 111 Å². The van der Waals surface area contributed by atoms with Crippen molar-refractivity contribution in [1.82, 2.24) is 5.32 Å². The molecular formula is C14H23N3O4S. The molecule has 0 radical (unpaired) electrons. The lowest BCUT2D eigenvalue weighted by Crippen LogP contribution is -2.41. The summed E-state index contributed by atoms with van der Waals surface area (Å²) in [5.74, 6) is 0.407. The smallest absolute Gasteiger partial charge is 0.237 e. The molecule has 8 heteroatoms. The molecule has 0 bridgehead atoms. The lowest BCUT2D eigenvalue weighted by atomic mass is 10.2. The molecule has 0 saturated heterocycles. The maximum Gasteiger partial charge on any atom is 0.237 e. The van der Waals surface area contributed by atoms with Crippen LogP contribution in [0, 0.1) is 0 Å². The van der Waals surface area contributed by atoms with Crippen molar-refractivity contribution in [2.45, 2.75) is 25.8 Å². The van der Waals surface area contributed by atoms with E-state index in [1.807, 2.05) is 6.92 Å². The second kappa shape index (κ2) is 8.60. The molecule has 0 heterocycles. The zero-order valence-corrected chi connectivity index (χ0v) is 13.7. The molecule has 0 aliphatic carbocycles. The number of hydrogen-bond acceptors (Lipinski definition) is 5. The minimum atomic E-state index is -3.28. The summed E-state index contributed by atoms with van der Waals surface area (Å²) in [6, 6.07) is 6.03. The summed E-state index contributed by atoms with van der Waals surface area (Å²) < 4.78 is 29.9. The van der Waals surface area contributed by atoms with Crippen LogP contribution in [0.2, 0.25) is 0 Å². The van der Waals surface area contributed by atoms with Gasteiger partial charge >= 0.3 is 0 Å². The van der Waals surface area contributed by atoms with Crippen LogP contribution in [-0.2, 0) is 14.8 Å². The number of amides is 1. The first kappa shape index (κ1) is 18.2. The number of anilines is 1. The Morgan fingerprint density at radius 3 is 2.50 bits per heavy atom. The van der Waals surface area contributed by atoms with Crippen molar-refractivity contribution in [2.75, 3.05) is 24.1 Å². The quantitative estimate of drug-likeness (QED) is 0.577. The Morgan fingerprint density at radius 1 is 1.32 bits per heavy atom. The summed E-state index contributed by atoms with van der Waals surface area (Å²) >= 11 is 0. The Bertz CT molecular complexity index is 572. The maximum absolute atomic E-state index is 11.6. The van der Waals surface area contributed by atoms with Crippen LogP contribution < -0.4 is 20.5 Å². The number of hydrogen-bond donors (Lipinski definition) is 3. The summed E-state index contributed by atoms with van der Waals surface area (Å²) in [5.41, 5.74) is 6.15. The molecule has 1 amide bonds. The average Bonchev–Trinajstić information content (AvgIpc) is 2.43. The van der Waals surface area contributed by atoms with E-state index in [2.05, 4.69) is 10.0 Å². The molecule has 1 aromatic rings. The van der Waals surface area contributed by atoms with Gasteiger partial charge in [0.25, 0.3) is 0 Å². The van der Waals surface area contributed by atoms with Crippen molar-refractivity contribution in [3.8, 4) is 5.75 Å². The number of carbonyl (C=O) groups excluding carboxylic acids is 1. The SMILES string of the molecule is CCCC(N)C(=O)NCCOc1ccc(NS(C)(=O)=O)cc1. The first-order valence-electron chi connectivity index (χ1n) is 7.05. The van der Waals surface area contributed by atoms with Gasteiger partial charge in [-0.15, -0.1) is 0 Å². The number of nitrogens with one attached hydrogen (secondary N) is 2. The van der Waals surface area contributed by atoms with E-state index >= 15 is 0 Å².